The number of rotatable bonds is 1. The van der Waals surface area contributed by atoms with Gasteiger partial charge in [-0.3, -0.25) is 0 Å². The molecule has 0 aromatic rings. The molecule has 0 spiro atoms. The van der Waals surface area contributed by atoms with Crippen molar-refractivity contribution < 1.29 is 0 Å². The molecular weight excluding hydrogens is 134 g/mol. The van der Waals surface area contributed by atoms with E-state index < -0.39 is 0 Å². The van der Waals surface area contributed by atoms with Crippen molar-refractivity contribution in [1.29, 1.82) is 5.26 Å². The molecule has 0 saturated heterocycles. The van der Waals surface area contributed by atoms with Crippen LogP contribution in [-0.2, 0) is 0 Å². The van der Waals surface area contributed by atoms with Gasteiger partial charge in [0.2, 0.25) is 0 Å². The second-order valence-corrected chi connectivity index (χ2v) is 3.10. The summed E-state index contributed by atoms with van der Waals surface area (Å²) in [6, 6.07) is 2.24. The predicted octanol–water partition coefficient (Wildman–Crippen LogP) is 2.81. The smallest absolute Gasteiger partial charge is 0.0950 e. The van der Waals surface area contributed by atoms with Crippen LogP contribution in [-0.4, -0.2) is 0 Å². The Bertz CT molecular complexity index is 230. The van der Waals surface area contributed by atoms with E-state index in [1.54, 1.807) is 0 Å². The molecule has 1 aliphatic carbocycles. The minimum absolute atomic E-state index is 0.341. The van der Waals surface area contributed by atoms with Crippen molar-refractivity contribution in [2.24, 2.45) is 5.92 Å². The van der Waals surface area contributed by atoms with Crippen molar-refractivity contribution in [3.8, 4) is 6.07 Å². The van der Waals surface area contributed by atoms with Crippen LogP contribution in [0.5, 0.6) is 0 Å². The first-order valence-electron chi connectivity index (χ1n) is 4.01. The highest BCUT2D eigenvalue weighted by Gasteiger charge is 2.17. The average molecular weight is 147 g/mol. The summed E-state index contributed by atoms with van der Waals surface area (Å²) in [4.78, 5) is 0. The molecule has 0 aromatic carbocycles. The third kappa shape index (κ3) is 1.71. The van der Waals surface area contributed by atoms with Crippen LogP contribution in [0.3, 0.4) is 0 Å². The number of nitrogens with zero attached hydrogens (tertiary/aromatic N) is 1. The molecular formula is C10H13N. The van der Waals surface area contributed by atoms with Gasteiger partial charge in [-0.1, -0.05) is 18.2 Å². The van der Waals surface area contributed by atoms with E-state index in [0.717, 1.165) is 24.0 Å². The van der Waals surface area contributed by atoms with Crippen LogP contribution in [0.25, 0.3) is 0 Å². The minimum atomic E-state index is 0.341. The largest absolute Gasteiger partial charge is 0.193 e. The first kappa shape index (κ1) is 8.07. The molecule has 0 amide bonds. The summed E-state index contributed by atoms with van der Waals surface area (Å²) >= 11 is 0. The van der Waals surface area contributed by atoms with Crippen LogP contribution >= 0.6 is 0 Å². The zero-order chi connectivity index (χ0) is 8.27. The summed E-state index contributed by atoms with van der Waals surface area (Å²) in [7, 11) is 0. The number of nitriles is 1. The van der Waals surface area contributed by atoms with E-state index in [9.17, 15) is 0 Å². The van der Waals surface area contributed by atoms with Gasteiger partial charge in [0.25, 0.3) is 0 Å². The molecule has 0 radical (unpaired) electrons. The standard InChI is InChI=1S/C10H13N/c1-8(2)10-6-4-3-5-9(10)7-11/h5,10H,1,3-4,6H2,2H3. The molecule has 1 heteroatoms. The fraction of sp³-hybridized carbons (Fsp3) is 0.500. The van der Waals surface area contributed by atoms with Crippen LogP contribution in [0.4, 0.5) is 0 Å². The lowest BCUT2D eigenvalue weighted by Gasteiger charge is -2.19. The first-order valence-corrected chi connectivity index (χ1v) is 4.01. The van der Waals surface area contributed by atoms with E-state index in [4.69, 9.17) is 5.26 Å². The second-order valence-electron chi connectivity index (χ2n) is 3.10. The summed E-state index contributed by atoms with van der Waals surface area (Å²) in [5.41, 5.74) is 2.04. The Morgan fingerprint density at radius 3 is 3.00 bits per heavy atom. The zero-order valence-electron chi connectivity index (χ0n) is 6.93. The Balaban J connectivity index is 2.80. The Labute approximate surface area is 68.0 Å². The highest BCUT2D eigenvalue weighted by molar-refractivity contribution is 5.31. The number of hydrogen-bond donors (Lipinski definition) is 0. The zero-order valence-corrected chi connectivity index (χ0v) is 6.93. The summed E-state index contributed by atoms with van der Waals surface area (Å²) in [5, 5.41) is 8.75. The van der Waals surface area contributed by atoms with Crippen LogP contribution in [0, 0.1) is 17.2 Å². The summed E-state index contributed by atoms with van der Waals surface area (Å²) < 4.78 is 0. The Morgan fingerprint density at radius 2 is 2.55 bits per heavy atom. The summed E-state index contributed by atoms with van der Waals surface area (Å²) in [5.74, 6) is 0.341. The molecule has 0 N–H and O–H groups in total. The molecule has 1 nitrogen and oxygen atoms in total. The van der Waals surface area contributed by atoms with Gasteiger partial charge in [-0.25, -0.2) is 0 Å². The Kier molecular flexibility index (Phi) is 2.48. The van der Waals surface area contributed by atoms with Crippen molar-refractivity contribution in [3.05, 3.63) is 23.8 Å². The highest BCUT2D eigenvalue weighted by Crippen LogP contribution is 2.28. The van der Waals surface area contributed by atoms with Gasteiger partial charge >= 0.3 is 0 Å². The van der Waals surface area contributed by atoms with Crippen molar-refractivity contribution in [2.75, 3.05) is 0 Å². The Morgan fingerprint density at radius 1 is 1.82 bits per heavy atom. The van der Waals surface area contributed by atoms with Crippen molar-refractivity contribution in [3.63, 3.8) is 0 Å². The third-order valence-electron chi connectivity index (χ3n) is 2.16. The van der Waals surface area contributed by atoms with Gasteiger partial charge in [-0.15, -0.1) is 0 Å². The first-order chi connectivity index (χ1) is 5.25. The normalized spacial score (nSPS) is 23.6. The quantitative estimate of drug-likeness (QED) is 0.523. The van der Waals surface area contributed by atoms with Crippen LogP contribution in [0.2, 0.25) is 0 Å². The molecule has 0 aromatic heterocycles. The van der Waals surface area contributed by atoms with Crippen molar-refractivity contribution in [1.82, 2.24) is 0 Å². The van der Waals surface area contributed by atoms with Crippen LogP contribution < -0.4 is 0 Å². The maximum absolute atomic E-state index is 8.75. The lowest BCUT2D eigenvalue weighted by Crippen LogP contribution is -2.07. The van der Waals surface area contributed by atoms with Gasteiger partial charge < -0.3 is 0 Å². The lowest BCUT2D eigenvalue weighted by atomic mass is 9.84. The van der Waals surface area contributed by atoms with Crippen LogP contribution in [0.15, 0.2) is 23.8 Å². The SMILES string of the molecule is C=C(C)C1CCCC=C1C#N. The van der Waals surface area contributed by atoms with E-state index in [2.05, 4.69) is 12.6 Å². The van der Waals surface area contributed by atoms with Gasteiger partial charge in [0.15, 0.2) is 0 Å². The van der Waals surface area contributed by atoms with E-state index in [1.807, 2.05) is 13.0 Å². The van der Waals surface area contributed by atoms with E-state index in [-0.39, 0.29) is 0 Å². The highest BCUT2D eigenvalue weighted by atomic mass is 14.3. The monoisotopic (exact) mass is 147 g/mol. The molecule has 11 heavy (non-hydrogen) atoms. The van der Waals surface area contributed by atoms with E-state index >= 15 is 0 Å². The maximum Gasteiger partial charge on any atom is 0.0950 e. The number of hydrogen-bond acceptors (Lipinski definition) is 1. The molecule has 58 valence electrons. The third-order valence-corrected chi connectivity index (χ3v) is 2.16. The maximum atomic E-state index is 8.75. The molecule has 1 aliphatic rings. The van der Waals surface area contributed by atoms with E-state index in [1.165, 1.54) is 6.42 Å². The molecule has 0 heterocycles. The van der Waals surface area contributed by atoms with Gasteiger partial charge in [0, 0.05) is 11.5 Å². The lowest BCUT2D eigenvalue weighted by molar-refractivity contribution is 0.588. The molecule has 0 bridgehead atoms. The fourth-order valence-electron chi connectivity index (χ4n) is 1.51. The van der Waals surface area contributed by atoms with Crippen molar-refractivity contribution in [2.45, 2.75) is 26.2 Å². The average Bonchev–Trinajstić information content (AvgIpc) is 2.04. The molecule has 1 unspecified atom stereocenters. The predicted molar refractivity (Wildman–Crippen MR) is 45.9 cm³/mol. The molecule has 0 aliphatic heterocycles. The van der Waals surface area contributed by atoms with E-state index in [0.29, 0.717) is 5.92 Å². The molecule has 1 rings (SSSR count). The van der Waals surface area contributed by atoms with Crippen molar-refractivity contribution >= 4 is 0 Å². The van der Waals surface area contributed by atoms with Gasteiger partial charge in [-0.05, 0) is 26.2 Å². The van der Waals surface area contributed by atoms with Gasteiger partial charge in [0.05, 0.1) is 6.07 Å². The molecule has 0 saturated carbocycles. The molecule has 1 atom stereocenters. The minimum Gasteiger partial charge on any atom is -0.193 e. The topological polar surface area (TPSA) is 23.8 Å². The van der Waals surface area contributed by atoms with Crippen LogP contribution in [0.1, 0.15) is 26.2 Å². The fourth-order valence-corrected chi connectivity index (χ4v) is 1.51. The van der Waals surface area contributed by atoms with Gasteiger partial charge in [0.1, 0.15) is 0 Å². The Hall–Kier alpha value is -1.03. The molecule has 0 fully saturated rings. The van der Waals surface area contributed by atoms with Gasteiger partial charge in [-0.2, -0.15) is 5.26 Å². The second kappa shape index (κ2) is 3.39. The summed E-state index contributed by atoms with van der Waals surface area (Å²) in [6.07, 6.45) is 5.41. The summed E-state index contributed by atoms with van der Waals surface area (Å²) in [6.45, 7) is 5.89. The number of allylic oxidation sites excluding steroid dienone is 3.